The molecule has 2 heterocycles. The predicted molar refractivity (Wildman–Crippen MR) is 81.4 cm³/mol. The van der Waals surface area contributed by atoms with Gasteiger partial charge in [0.25, 0.3) is 0 Å². The summed E-state index contributed by atoms with van der Waals surface area (Å²) < 4.78 is 2.22. The van der Waals surface area contributed by atoms with Crippen molar-refractivity contribution < 1.29 is 0 Å². The topological polar surface area (TPSA) is 42.7 Å². The molecule has 6 heteroatoms. The minimum Gasteiger partial charge on any atom is -0.376 e. The molecule has 0 radical (unpaired) electrons. The summed E-state index contributed by atoms with van der Waals surface area (Å²) in [6, 6.07) is 5.56. The molecular formula is C14H16Cl2N4. The van der Waals surface area contributed by atoms with E-state index in [1.165, 1.54) is 19.3 Å². The van der Waals surface area contributed by atoms with Crippen molar-refractivity contribution in [3.05, 3.63) is 39.9 Å². The standard InChI is InChI=1S/C14H16Cl2N4/c15-10-5-4-6-11(14(10)16)17-9-13-19-18-12-7-2-1-3-8-20(12)13/h4-6,17H,1-3,7-9H2. The van der Waals surface area contributed by atoms with E-state index in [4.69, 9.17) is 23.2 Å². The van der Waals surface area contributed by atoms with Crippen LogP contribution in [0.3, 0.4) is 0 Å². The third-order valence-electron chi connectivity index (χ3n) is 3.57. The number of hydrogen-bond donors (Lipinski definition) is 1. The molecule has 0 unspecified atom stereocenters. The first kappa shape index (κ1) is 13.7. The molecule has 3 rings (SSSR count). The van der Waals surface area contributed by atoms with Gasteiger partial charge in [-0.3, -0.25) is 0 Å². The van der Waals surface area contributed by atoms with Crippen molar-refractivity contribution in [2.24, 2.45) is 0 Å². The zero-order valence-corrected chi connectivity index (χ0v) is 12.6. The quantitative estimate of drug-likeness (QED) is 0.934. The number of aryl methyl sites for hydroxylation is 1. The van der Waals surface area contributed by atoms with Crippen molar-refractivity contribution in [3.63, 3.8) is 0 Å². The Labute approximate surface area is 128 Å². The first-order valence-electron chi connectivity index (χ1n) is 6.84. The normalized spacial score (nSPS) is 14.7. The van der Waals surface area contributed by atoms with Crippen molar-refractivity contribution in [2.45, 2.75) is 38.8 Å². The van der Waals surface area contributed by atoms with Crippen LogP contribution in [0.15, 0.2) is 18.2 Å². The molecule has 1 aliphatic heterocycles. The summed E-state index contributed by atoms with van der Waals surface area (Å²) in [5.41, 5.74) is 0.824. The van der Waals surface area contributed by atoms with Crippen LogP contribution in [-0.2, 0) is 19.5 Å². The van der Waals surface area contributed by atoms with Crippen LogP contribution >= 0.6 is 23.2 Å². The fourth-order valence-electron chi connectivity index (χ4n) is 2.49. The van der Waals surface area contributed by atoms with Crippen molar-refractivity contribution >= 4 is 28.9 Å². The highest BCUT2D eigenvalue weighted by molar-refractivity contribution is 6.43. The van der Waals surface area contributed by atoms with Crippen LogP contribution in [0, 0.1) is 0 Å². The molecule has 1 aromatic carbocycles. The van der Waals surface area contributed by atoms with E-state index in [1.54, 1.807) is 6.07 Å². The first-order chi connectivity index (χ1) is 9.75. The van der Waals surface area contributed by atoms with Crippen LogP contribution in [0.1, 0.15) is 30.9 Å². The van der Waals surface area contributed by atoms with Crippen molar-refractivity contribution in [1.29, 1.82) is 0 Å². The second kappa shape index (κ2) is 6.02. The van der Waals surface area contributed by atoms with Crippen LogP contribution in [0.25, 0.3) is 0 Å². The molecule has 0 fully saturated rings. The SMILES string of the molecule is Clc1cccc(NCc2nnc3n2CCCCC3)c1Cl. The molecule has 1 N–H and O–H groups in total. The summed E-state index contributed by atoms with van der Waals surface area (Å²) in [6.45, 7) is 1.61. The Morgan fingerprint density at radius 1 is 1.15 bits per heavy atom. The van der Waals surface area contributed by atoms with Crippen molar-refractivity contribution in [2.75, 3.05) is 5.32 Å². The molecule has 0 atom stereocenters. The smallest absolute Gasteiger partial charge is 0.152 e. The second-order valence-corrected chi connectivity index (χ2v) is 5.73. The number of benzene rings is 1. The van der Waals surface area contributed by atoms with Gasteiger partial charge in [-0.2, -0.15) is 0 Å². The lowest BCUT2D eigenvalue weighted by atomic mass is 10.2. The number of hydrogen-bond acceptors (Lipinski definition) is 3. The minimum atomic E-state index is 0.546. The Bertz CT molecular complexity index is 609. The number of anilines is 1. The van der Waals surface area contributed by atoms with Gasteiger partial charge in [-0.05, 0) is 25.0 Å². The lowest BCUT2D eigenvalue weighted by Gasteiger charge is -2.10. The van der Waals surface area contributed by atoms with Crippen molar-refractivity contribution in [3.8, 4) is 0 Å². The average molecular weight is 311 g/mol. The van der Waals surface area contributed by atoms with Crippen LogP contribution < -0.4 is 5.32 Å². The van der Waals surface area contributed by atoms with Crippen LogP contribution in [0.2, 0.25) is 10.0 Å². The van der Waals surface area contributed by atoms with Gasteiger partial charge < -0.3 is 9.88 Å². The van der Waals surface area contributed by atoms with Crippen LogP contribution in [-0.4, -0.2) is 14.8 Å². The highest BCUT2D eigenvalue weighted by atomic mass is 35.5. The predicted octanol–water partition coefficient (Wildman–Crippen LogP) is 3.92. The molecule has 0 bridgehead atoms. The molecule has 106 valence electrons. The van der Waals surface area contributed by atoms with E-state index in [0.29, 0.717) is 16.6 Å². The summed E-state index contributed by atoms with van der Waals surface area (Å²) in [7, 11) is 0. The largest absolute Gasteiger partial charge is 0.376 e. The highest BCUT2D eigenvalue weighted by Gasteiger charge is 2.14. The first-order valence-corrected chi connectivity index (χ1v) is 7.60. The highest BCUT2D eigenvalue weighted by Crippen LogP contribution is 2.29. The van der Waals surface area contributed by atoms with Gasteiger partial charge in [0.2, 0.25) is 0 Å². The molecule has 20 heavy (non-hydrogen) atoms. The Hall–Kier alpha value is -1.26. The number of halogens is 2. The summed E-state index contributed by atoms with van der Waals surface area (Å²) >= 11 is 12.2. The minimum absolute atomic E-state index is 0.546. The molecule has 1 aliphatic rings. The number of nitrogens with zero attached hydrogens (tertiary/aromatic N) is 3. The fraction of sp³-hybridized carbons (Fsp3) is 0.429. The number of nitrogens with one attached hydrogen (secondary N) is 1. The van der Waals surface area contributed by atoms with Crippen LogP contribution in [0.4, 0.5) is 5.69 Å². The third kappa shape index (κ3) is 2.76. The number of fused-ring (bicyclic) bond motifs is 1. The number of aromatic nitrogens is 3. The van der Waals surface area contributed by atoms with E-state index >= 15 is 0 Å². The van der Waals surface area contributed by atoms with Gasteiger partial charge in [-0.25, -0.2) is 0 Å². The van der Waals surface area contributed by atoms with E-state index in [-0.39, 0.29) is 0 Å². The maximum atomic E-state index is 6.17. The molecule has 0 amide bonds. The molecule has 0 saturated carbocycles. The van der Waals surface area contributed by atoms with Gasteiger partial charge in [0.05, 0.1) is 22.3 Å². The molecule has 1 aromatic heterocycles. The van der Waals surface area contributed by atoms with Gasteiger partial charge in [-0.15, -0.1) is 10.2 Å². The molecular weight excluding hydrogens is 295 g/mol. The fourth-order valence-corrected chi connectivity index (χ4v) is 2.86. The van der Waals surface area contributed by atoms with Gasteiger partial charge in [-0.1, -0.05) is 35.7 Å². The summed E-state index contributed by atoms with van der Waals surface area (Å²) in [5.74, 6) is 2.05. The lowest BCUT2D eigenvalue weighted by Crippen LogP contribution is -2.10. The van der Waals surface area contributed by atoms with Gasteiger partial charge in [0.1, 0.15) is 5.82 Å². The molecule has 0 aliphatic carbocycles. The Kier molecular flexibility index (Phi) is 4.13. The van der Waals surface area contributed by atoms with Gasteiger partial charge >= 0.3 is 0 Å². The van der Waals surface area contributed by atoms with E-state index < -0.39 is 0 Å². The lowest BCUT2D eigenvalue weighted by molar-refractivity contribution is 0.610. The maximum absolute atomic E-state index is 6.17. The Morgan fingerprint density at radius 2 is 2.05 bits per heavy atom. The van der Waals surface area contributed by atoms with Crippen molar-refractivity contribution in [1.82, 2.24) is 14.8 Å². The monoisotopic (exact) mass is 310 g/mol. The molecule has 0 saturated heterocycles. The summed E-state index contributed by atoms with van der Waals surface area (Å²) in [5, 5.41) is 12.9. The average Bonchev–Trinajstić information content (AvgIpc) is 2.68. The van der Waals surface area contributed by atoms with E-state index in [1.807, 2.05) is 12.1 Å². The maximum Gasteiger partial charge on any atom is 0.152 e. The zero-order chi connectivity index (χ0) is 13.9. The Morgan fingerprint density at radius 3 is 2.95 bits per heavy atom. The number of rotatable bonds is 3. The molecule has 2 aromatic rings. The van der Waals surface area contributed by atoms with E-state index in [0.717, 1.165) is 30.3 Å². The van der Waals surface area contributed by atoms with E-state index in [9.17, 15) is 0 Å². The zero-order valence-electron chi connectivity index (χ0n) is 11.1. The van der Waals surface area contributed by atoms with Gasteiger partial charge in [0.15, 0.2) is 5.82 Å². The van der Waals surface area contributed by atoms with E-state index in [2.05, 4.69) is 20.1 Å². The molecule has 0 spiro atoms. The Balaban J connectivity index is 1.76. The third-order valence-corrected chi connectivity index (χ3v) is 4.39. The molecule has 4 nitrogen and oxygen atoms in total. The summed E-state index contributed by atoms with van der Waals surface area (Å²) in [6.07, 6.45) is 4.67. The van der Waals surface area contributed by atoms with Crippen LogP contribution in [0.5, 0.6) is 0 Å². The summed E-state index contributed by atoms with van der Waals surface area (Å²) in [4.78, 5) is 0. The second-order valence-electron chi connectivity index (χ2n) is 4.95. The van der Waals surface area contributed by atoms with Gasteiger partial charge in [0, 0.05) is 13.0 Å².